The molecule has 0 saturated heterocycles. The van der Waals surface area contributed by atoms with E-state index in [0.29, 0.717) is 0 Å². The van der Waals surface area contributed by atoms with Crippen LogP contribution >= 0.6 is 12.6 Å². The fourth-order valence-corrected chi connectivity index (χ4v) is 2.01. The highest BCUT2D eigenvalue weighted by molar-refractivity contribution is 7.80. The average Bonchev–Trinajstić information content (AvgIpc) is 2.34. The van der Waals surface area contributed by atoms with Gasteiger partial charge in [-0.2, -0.15) is 12.6 Å². The van der Waals surface area contributed by atoms with E-state index in [1.54, 1.807) is 7.11 Å². The molecule has 0 unspecified atom stereocenters. The van der Waals surface area contributed by atoms with Crippen LogP contribution in [0.1, 0.15) is 17.5 Å². The zero-order valence-corrected chi connectivity index (χ0v) is 12.0. The van der Waals surface area contributed by atoms with Crippen molar-refractivity contribution in [2.24, 2.45) is 0 Å². The zero-order chi connectivity index (χ0) is 12.7. The van der Waals surface area contributed by atoms with E-state index in [1.165, 1.54) is 11.1 Å². The van der Waals surface area contributed by atoms with Crippen LogP contribution in [-0.4, -0.2) is 37.9 Å². The van der Waals surface area contributed by atoms with E-state index >= 15 is 0 Å². The van der Waals surface area contributed by atoms with Crippen LogP contribution in [0.2, 0.25) is 0 Å². The first-order chi connectivity index (χ1) is 8.17. The van der Waals surface area contributed by atoms with Crippen molar-refractivity contribution in [2.75, 3.05) is 33.0 Å². The van der Waals surface area contributed by atoms with Crippen LogP contribution in [0.15, 0.2) is 18.2 Å². The Morgan fingerprint density at radius 1 is 1.29 bits per heavy atom. The van der Waals surface area contributed by atoms with E-state index in [1.807, 2.05) is 0 Å². The molecule has 96 valence electrons. The topological polar surface area (TPSA) is 12.5 Å². The summed E-state index contributed by atoms with van der Waals surface area (Å²) in [5.74, 6) is 1.93. The summed E-state index contributed by atoms with van der Waals surface area (Å²) in [6, 6.07) is 6.42. The largest absolute Gasteiger partial charge is 0.496 e. The molecule has 17 heavy (non-hydrogen) atoms. The van der Waals surface area contributed by atoms with Gasteiger partial charge in [-0.1, -0.05) is 12.1 Å². The molecule has 0 N–H and O–H groups in total. The van der Waals surface area contributed by atoms with Gasteiger partial charge in [0.15, 0.2) is 0 Å². The molecule has 0 bridgehead atoms. The van der Waals surface area contributed by atoms with Crippen molar-refractivity contribution in [3.63, 3.8) is 0 Å². The Morgan fingerprint density at radius 3 is 2.65 bits per heavy atom. The minimum absolute atomic E-state index is 0.964. The lowest BCUT2D eigenvalue weighted by atomic mass is 10.1. The Morgan fingerprint density at radius 2 is 2.06 bits per heavy atom. The molecule has 0 aromatic heterocycles. The number of likely N-dealkylation sites (N-methyl/N-ethyl adjacent to an activating group) is 1. The van der Waals surface area contributed by atoms with Gasteiger partial charge in [-0.3, -0.25) is 0 Å². The van der Waals surface area contributed by atoms with Crippen LogP contribution in [-0.2, 0) is 6.42 Å². The lowest BCUT2D eigenvalue weighted by Crippen LogP contribution is -2.22. The average molecular weight is 253 g/mol. The highest BCUT2D eigenvalue weighted by Gasteiger charge is 2.02. The summed E-state index contributed by atoms with van der Waals surface area (Å²) in [5, 5.41) is 0. The number of aryl methyl sites for hydroxylation is 1. The van der Waals surface area contributed by atoms with Crippen molar-refractivity contribution in [3.8, 4) is 5.75 Å². The first kappa shape index (κ1) is 14.4. The molecular weight excluding hydrogens is 230 g/mol. The van der Waals surface area contributed by atoms with Crippen molar-refractivity contribution >= 4 is 12.6 Å². The SMILES string of the molecule is COc1ccc(CCN(C)CCCS)cc1C. The minimum Gasteiger partial charge on any atom is -0.496 e. The van der Waals surface area contributed by atoms with E-state index in [9.17, 15) is 0 Å². The van der Waals surface area contributed by atoms with E-state index in [0.717, 1.165) is 37.4 Å². The molecule has 1 rings (SSSR count). The second-order valence-corrected chi connectivity index (χ2v) is 4.88. The van der Waals surface area contributed by atoms with Gasteiger partial charge < -0.3 is 9.64 Å². The molecule has 0 radical (unpaired) electrons. The highest BCUT2D eigenvalue weighted by atomic mass is 32.1. The molecule has 0 saturated carbocycles. The number of thiol groups is 1. The third-order valence-corrected chi connectivity index (χ3v) is 3.26. The van der Waals surface area contributed by atoms with Crippen molar-refractivity contribution in [1.82, 2.24) is 4.90 Å². The van der Waals surface area contributed by atoms with Crippen LogP contribution in [0.4, 0.5) is 0 Å². The number of hydrogen-bond acceptors (Lipinski definition) is 3. The minimum atomic E-state index is 0.964. The maximum Gasteiger partial charge on any atom is 0.121 e. The molecule has 0 fully saturated rings. The molecule has 3 heteroatoms. The lowest BCUT2D eigenvalue weighted by Gasteiger charge is -2.16. The van der Waals surface area contributed by atoms with Crippen LogP contribution in [0.25, 0.3) is 0 Å². The smallest absolute Gasteiger partial charge is 0.121 e. The number of methoxy groups -OCH3 is 1. The summed E-state index contributed by atoms with van der Waals surface area (Å²) < 4.78 is 5.26. The Bertz CT molecular complexity index is 341. The van der Waals surface area contributed by atoms with Gasteiger partial charge in [-0.05, 0) is 56.3 Å². The van der Waals surface area contributed by atoms with Crippen LogP contribution in [0.5, 0.6) is 5.75 Å². The Kier molecular flexibility index (Phi) is 6.45. The summed E-state index contributed by atoms with van der Waals surface area (Å²) in [5.41, 5.74) is 2.59. The second kappa shape index (κ2) is 7.62. The Labute approximate surface area is 110 Å². The van der Waals surface area contributed by atoms with Gasteiger partial charge in [0.25, 0.3) is 0 Å². The van der Waals surface area contributed by atoms with Crippen LogP contribution in [0, 0.1) is 6.92 Å². The first-order valence-corrected chi connectivity index (χ1v) is 6.73. The normalized spacial score (nSPS) is 10.9. The molecule has 0 aliphatic heterocycles. The number of ether oxygens (including phenoxy) is 1. The maximum atomic E-state index is 5.26. The summed E-state index contributed by atoms with van der Waals surface area (Å²) >= 11 is 4.23. The standard InChI is InChI=1S/C14H23NOS/c1-12-11-13(5-6-14(12)16-3)7-9-15(2)8-4-10-17/h5-6,11,17H,4,7-10H2,1-3H3. The van der Waals surface area contributed by atoms with Crippen LogP contribution < -0.4 is 4.74 Å². The van der Waals surface area contributed by atoms with Gasteiger partial charge in [0, 0.05) is 6.54 Å². The molecular formula is C14H23NOS. The highest BCUT2D eigenvalue weighted by Crippen LogP contribution is 2.18. The Balaban J connectivity index is 2.44. The predicted molar refractivity (Wildman–Crippen MR) is 77.4 cm³/mol. The lowest BCUT2D eigenvalue weighted by molar-refractivity contribution is 0.340. The zero-order valence-electron chi connectivity index (χ0n) is 11.1. The molecule has 0 aliphatic carbocycles. The molecule has 0 atom stereocenters. The number of nitrogens with zero attached hydrogens (tertiary/aromatic N) is 1. The summed E-state index contributed by atoms with van der Waals surface area (Å²) in [6.45, 7) is 4.31. The Hall–Kier alpha value is -0.670. The monoisotopic (exact) mass is 253 g/mol. The van der Waals surface area contributed by atoms with Crippen molar-refractivity contribution < 1.29 is 4.74 Å². The molecule has 2 nitrogen and oxygen atoms in total. The van der Waals surface area contributed by atoms with E-state index in [4.69, 9.17) is 4.74 Å². The van der Waals surface area contributed by atoms with Gasteiger partial charge in [-0.25, -0.2) is 0 Å². The summed E-state index contributed by atoms with van der Waals surface area (Å²) in [6.07, 6.45) is 2.25. The first-order valence-electron chi connectivity index (χ1n) is 6.10. The molecule has 0 amide bonds. The van der Waals surface area contributed by atoms with Crippen molar-refractivity contribution in [2.45, 2.75) is 19.8 Å². The summed E-state index contributed by atoms with van der Waals surface area (Å²) in [7, 11) is 3.88. The van der Waals surface area contributed by atoms with E-state index in [-0.39, 0.29) is 0 Å². The fourth-order valence-electron chi connectivity index (χ4n) is 1.87. The second-order valence-electron chi connectivity index (χ2n) is 4.43. The molecule has 0 heterocycles. The fraction of sp³-hybridized carbons (Fsp3) is 0.571. The molecule has 0 spiro atoms. The molecule has 0 aliphatic rings. The third-order valence-electron chi connectivity index (χ3n) is 2.94. The van der Waals surface area contributed by atoms with Crippen molar-refractivity contribution in [3.05, 3.63) is 29.3 Å². The third kappa shape index (κ3) is 5.00. The van der Waals surface area contributed by atoms with Crippen LogP contribution in [0.3, 0.4) is 0 Å². The quantitative estimate of drug-likeness (QED) is 0.750. The number of hydrogen-bond donors (Lipinski definition) is 1. The van der Waals surface area contributed by atoms with Gasteiger partial charge >= 0.3 is 0 Å². The molecule has 1 aromatic rings. The van der Waals surface area contributed by atoms with E-state index in [2.05, 4.69) is 49.7 Å². The molecule has 1 aromatic carbocycles. The maximum absolute atomic E-state index is 5.26. The van der Waals surface area contributed by atoms with Gasteiger partial charge in [0.1, 0.15) is 5.75 Å². The van der Waals surface area contributed by atoms with Gasteiger partial charge in [-0.15, -0.1) is 0 Å². The number of rotatable bonds is 7. The van der Waals surface area contributed by atoms with Gasteiger partial charge in [0.05, 0.1) is 7.11 Å². The number of benzene rings is 1. The summed E-state index contributed by atoms with van der Waals surface area (Å²) in [4.78, 5) is 2.36. The van der Waals surface area contributed by atoms with Crippen molar-refractivity contribution in [1.29, 1.82) is 0 Å². The van der Waals surface area contributed by atoms with E-state index < -0.39 is 0 Å². The van der Waals surface area contributed by atoms with Gasteiger partial charge in [0.2, 0.25) is 0 Å². The predicted octanol–water partition coefficient (Wildman–Crippen LogP) is 2.80.